The third-order valence-electron chi connectivity index (χ3n) is 5.84. The number of benzene rings is 1. The Balaban J connectivity index is 1.21. The van der Waals surface area contributed by atoms with Crippen LogP contribution in [0.2, 0.25) is 5.02 Å². The molecule has 32 heavy (non-hydrogen) atoms. The predicted molar refractivity (Wildman–Crippen MR) is 107 cm³/mol. The van der Waals surface area contributed by atoms with E-state index in [1.165, 1.54) is 12.1 Å². The molecule has 1 amide bonds. The Morgan fingerprint density at radius 3 is 2.75 bits per heavy atom. The quantitative estimate of drug-likeness (QED) is 0.625. The lowest BCUT2D eigenvalue weighted by atomic mass is 9.82. The first-order valence-corrected chi connectivity index (χ1v) is 10.7. The number of carbonyl (C=O) groups is 1. The van der Waals surface area contributed by atoms with Crippen molar-refractivity contribution in [3.8, 4) is 11.3 Å². The number of rotatable bonds is 6. The first kappa shape index (κ1) is 23.0. The molecule has 2 atom stereocenters. The van der Waals surface area contributed by atoms with Gasteiger partial charge in [0, 0.05) is 18.3 Å². The molecule has 1 saturated heterocycles. The third kappa shape index (κ3) is 5.60. The number of imidazole rings is 1. The van der Waals surface area contributed by atoms with E-state index in [1.54, 1.807) is 18.6 Å². The minimum Gasteiger partial charge on any atom is -0.366 e. The zero-order valence-electron chi connectivity index (χ0n) is 16.9. The maximum Gasteiger partial charge on any atom is 0.522 e. The number of aromatic nitrogens is 2. The molecule has 174 valence electrons. The Kier molecular flexibility index (Phi) is 6.73. The summed E-state index contributed by atoms with van der Waals surface area (Å²) in [5.74, 6) is -0.796. The van der Waals surface area contributed by atoms with Gasteiger partial charge >= 0.3 is 6.36 Å². The van der Waals surface area contributed by atoms with Crippen LogP contribution in [0.1, 0.15) is 31.7 Å². The summed E-state index contributed by atoms with van der Waals surface area (Å²) in [6.45, 7) is 0.621. The lowest BCUT2D eigenvalue weighted by Gasteiger charge is -2.36. The molecule has 1 aliphatic heterocycles. The van der Waals surface area contributed by atoms with E-state index in [4.69, 9.17) is 16.3 Å². The van der Waals surface area contributed by atoms with Gasteiger partial charge in [0.05, 0.1) is 35.8 Å². The summed E-state index contributed by atoms with van der Waals surface area (Å²) < 4.78 is 61.7. The summed E-state index contributed by atoms with van der Waals surface area (Å²) in [7, 11) is 0. The van der Waals surface area contributed by atoms with Gasteiger partial charge in [0.1, 0.15) is 11.9 Å². The fourth-order valence-electron chi connectivity index (χ4n) is 4.01. The van der Waals surface area contributed by atoms with E-state index >= 15 is 0 Å². The Labute approximate surface area is 186 Å². The fourth-order valence-corrected chi connectivity index (χ4v) is 4.12. The van der Waals surface area contributed by atoms with Crippen LogP contribution in [0.25, 0.3) is 11.3 Å². The standard InChI is InChI=1S/C21H22ClF4N3O3/c22-16-3-1-13(7-17(16)23)18-9-29(11-28-18)14-2-4-19(31-10-14)20(30)27-8-12-5-15(6-12)32-21(24,25)26/h1,3,7,9,11-12,14-15,19H,2,4-6,8,10H2,(H,27,30)/t12-,14-,15+,19+/m1/s1. The van der Waals surface area contributed by atoms with Crippen LogP contribution in [0.15, 0.2) is 30.7 Å². The van der Waals surface area contributed by atoms with Gasteiger partial charge in [-0.2, -0.15) is 0 Å². The van der Waals surface area contributed by atoms with Crippen molar-refractivity contribution in [2.45, 2.75) is 50.3 Å². The Bertz CT molecular complexity index is 954. The average molecular weight is 476 g/mol. The van der Waals surface area contributed by atoms with Gasteiger partial charge in [0.15, 0.2) is 0 Å². The van der Waals surface area contributed by atoms with E-state index in [-0.39, 0.29) is 35.7 Å². The number of hydrogen-bond acceptors (Lipinski definition) is 4. The van der Waals surface area contributed by atoms with E-state index in [0.29, 0.717) is 37.3 Å². The number of alkyl halides is 3. The van der Waals surface area contributed by atoms with Gasteiger partial charge in [-0.3, -0.25) is 9.53 Å². The molecule has 2 aromatic rings. The number of halogens is 5. The maximum absolute atomic E-state index is 13.7. The van der Waals surface area contributed by atoms with Gasteiger partial charge in [0.2, 0.25) is 5.91 Å². The van der Waals surface area contributed by atoms with Crippen molar-refractivity contribution in [2.75, 3.05) is 13.2 Å². The number of carbonyl (C=O) groups excluding carboxylic acids is 1. The molecule has 1 aromatic heterocycles. The molecular weight excluding hydrogens is 454 g/mol. The molecule has 1 saturated carbocycles. The first-order valence-electron chi connectivity index (χ1n) is 10.3. The fraction of sp³-hybridized carbons (Fsp3) is 0.524. The Morgan fingerprint density at radius 2 is 2.09 bits per heavy atom. The van der Waals surface area contributed by atoms with Gasteiger partial charge < -0.3 is 14.6 Å². The van der Waals surface area contributed by atoms with Crippen LogP contribution in [0.5, 0.6) is 0 Å². The van der Waals surface area contributed by atoms with Crippen LogP contribution >= 0.6 is 11.6 Å². The van der Waals surface area contributed by atoms with Gasteiger partial charge in [-0.1, -0.05) is 17.7 Å². The third-order valence-corrected chi connectivity index (χ3v) is 6.15. The molecule has 0 bridgehead atoms. The van der Waals surface area contributed by atoms with Crippen molar-refractivity contribution in [1.29, 1.82) is 0 Å². The van der Waals surface area contributed by atoms with E-state index in [0.717, 1.165) is 0 Å². The monoisotopic (exact) mass is 475 g/mol. The molecule has 1 aromatic carbocycles. The molecule has 2 heterocycles. The molecule has 1 N–H and O–H groups in total. The average Bonchev–Trinajstić information content (AvgIpc) is 3.21. The summed E-state index contributed by atoms with van der Waals surface area (Å²) in [5, 5.41) is 2.81. The zero-order chi connectivity index (χ0) is 22.9. The minimum absolute atomic E-state index is 0.00986. The second kappa shape index (κ2) is 9.36. The SMILES string of the molecule is O=C(NC[C@H]1C[C@@H](OC(F)(F)F)C1)[C@@H]1CC[C@@H](n2cnc(-c3ccc(Cl)c(F)c3)c2)CO1. The highest BCUT2D eigenvalue weighted by atomic mass is 35.5. The maximum atomic E-state index is 13.7. The number of hydrogen-bond donors (Lipinski definition) is 1. The largest absolute Gasteiger partial charge is 0.522 e. The van der Waals surface area contributed by atoms with Gasteiger partial charge in [0.25, 0.3) is 0 Å². The normalized spacial score (nSPS) is 25.9. The van der Waals surface area contributed by atoms with Gasteiger partial charge in [-0.25, -0.2) is 9.37 Å². The van der Waals surface area contributed by atoms with E-state index in [2.05, 4.69) is 15.0 Å². The van der Waals surface area contributed by atoms with Crippen LogP contribution in [0.3, 0.4) is 0 Å². The summed E-state index contributed by atoms with van der Waals surface area (Å²) in [6, 6.07) is 4.48. The van der Waals surface area contributed by atoms with Gasteiger partial charge in [-0.15, -0.1) is 13.2 Å². The summed E-state index contributed by atoms with van der Waals surface area (Å²) in [4.78, 5) is 16.6. The lowest BCUT2D eigenvalue weighted by molar-refractivity contribution is -0.354. The molecule has 4 rings (SSSR count). The predicted octanol–water partition coefficient (Wildman–Crippen LogP) is 4.49. The molecule has 2 fully saturated rings. The highest BCUT2D eigenvalue weighted by molar-refractivity contribution is 6.30. The van der Waals surface area contributed by atoms with Crippen molar-refractivity contribution in [2.24, 2.45) is 5.92 Å². The van der Waals surface area contributed by atoms with Crippen LogP contribution < -0.4 is 5.32 Å². The molecule has 6 nitrogen and oxygen atoms in total. The van der Waals surface area contributed by atoms with Crippen molar-refractivity contribution in [1.82, 2.24) is 14.9 Å². The van der Waals surface area contributed by atoms with Crippen molar-refractivity contribution in [3.63, 3.8) is 0 Å². The number of amides is 1. The van der Waals surface area contributed by atoms with E-state index in [1.807, 2.05) is 4.57 Å². The van der Waals surface area contributed by atoms with Crippen molar-refractivity contribution >= 4 is 17.5 Å². The van der Waals surface area contributed by atoms with E-state index in [9.17, 15) is 22.4 Å². The van der Waals surface area contributed by atoms with Crippen LogP contribution in [-0.4, -0.2) is 47.2 Å². The second-order valence-corrected chi connectivity index (χ2v) is 8.56. The number of ether oxygens (including phenoxy) is 2. The summed E-state index contributed by atoms with van der Waals surface area (Å²) in [5.41, 5.74) is 1.22. The van der Waals surface area contributed by atoms with Crippen molar-refractivity contribution in [3.05, 3.63) is 41.6 Å². The topological polar surface area (TPSA) is 65.4 Å². The molecule has 1 aliphatic carbocycles. The molecule has 0 radical (unpaired) electrons. The Morgan fingerprint density at radius 1 is 1.31 bits per heavy atom. The van der Waals surface area contributed by atoms with Crippen LogP contribution in [0.4, 0.5) is 17.6 Å². The van der Waals surface area contributed by atoms with Gasteiger partial charge in [-0.05, 0) is 43.7 Å². The summed E-state index contributed by atoms with van der Waals surface area (Å²) in [6.07, 6.45) is -0.860. The highest BCUT2D eigenvalue weighted by Crippen LogP contribution is 2.34. The smallest absolute Gasteiger partial charge is 0.366 e. The second-order valence-electron chi connectivity index (χ2n) is 8.16. The molecule has 11 heteroatoms. The highest BCUT2D eigenvalue weighted by Gasteiger charge is 2.40. The molecule has 0 unspecified atom stereocenters. The summed E-state index contributed by atoms with van der Waals surface area (Å²) >= 11 is 5.72. The van der Waals surface area contributed by atoms with Crippen LogP contribution in [0, 0.1) is 11.7 Å². The Hall–Kier alpha value is -2.17. The lowest BCUT2D eigenvalue weighted by Crippen LogP contribution is -2.46. The van der Waals surface area contributed by atoms with E-state index < -0.39 is 24.4 Å². The molecule has 2 aliphatic rings. The number of nitrogens with zero attached hydrogens (tertiary/aromatic N) is 2. The minimum atomic E-state index is -4.62. The number of nitrogens with one attached hydrogen (secondary N) is 1. The van der Waals surface area contributed by atoms with Crippen molar-refractivity contribution < 1.29 is 31.8 Å². The zero-order valence-corrected chi connectivity index (χ0v) is 17.7. The van der Waals surface area contributed by atoms with Crippen LogP contribution in [-0.2, 0) is 14.3 Å². The molecular formula is C21H22ClF4N3O3. The molecule has 0 spiro atoms. The first-order chi connectivity index (χ1) is 15.2.